The van der Waals surface area contributed by atoms with Crippen molar-refractivity contribution < 1.29 is 8.42 Å². The van der Waals surface area contributed by atoms with Gasteiger partial charge in [0, 0.05) is 6.54 Å². The Kier molecular flexibility index (Phi) is 2.86. The third kappa shape index (κ3) is 1.97. The minimum Gasteiger partial charge on any atom is -0.211 e. The molecule has 1 rings (SSSR count). The maximum absolute atomic E-state index is 11.4. The first-order valence-corrected chi connectivity index (χ1v) is 5.49. The molecule has 1 aliphatic heterocycles. The van der Waals surface area contributed by atoms with Crippen molar-refractivity contribution >= 4 is 10.0 Å². The average molecular weight is 199 g/mol. The third-order valence-electron chi connectivity index (χ3n) is 1.96. The number of sulfonamides is 1. The average Bonchev–Trinajstić information content (AvgIpc) is 2.51. The van der Waals surface area contributed by atoms with E-state index >= 15 is 0 Å². The van der Waals surface area contributed by atoms with Gasteiger partial charge in [-0.15, -0.1) is 0 Å². The molecule has 0 aromatic carbocycles. The van der Waals surface area contributed by atoms with Crippen LogP contribution in [0.5, 0.6) is 0 Å². The van der Waals surface area contributed by atoms with Crippen LogP contribution < -0.4 is 0 Å². The van der Waals surface area contributed by atoms with Gasteiger partial charge in [-0.25, -0.2) is 8.42 Å². The molecule has 6 heteroatoms. The maximum Gasteiger partial charge on any atom is 0.228 e. The number of nitriles is 2. The molecule has 1 heterocycles. The topological polar surface area (TPSA) is 85.0 Å². The van der Waals surface area contributed by atoms with E-state index in [1.165, 1.54) is 0 Å². The predicted octanol–water partition coefficient (Wildman–Crippen LogP) is -0.172. The van der Waals surface area contributed by atoms with E-state index in [1.54, 1.807) is 6.07 Å². The lowest BCUT2D eigenvalue weighted by atomic mass is 10.2. The van der Waals surface area contributed by atoms with Crippen molar-refractivity contribution in [2.24, 2.45) is 0 Å². The minimum atomic E-state index is -3.52. The Bertz CT molecular complexity index is 362. The van der Waals surface area contributed by atoms with Gasteiger partial charge in [0.05, 0.1) is 12.1 Å². The lowest BCUT2D eigenvalue weighted by Gasteiger charge is -2.16. The summed E-state index contributed by atoms with van der Waals surface area (Å²) in [7, 11) is -3.52. The van der Waals surface area contributed by atoms with Crippen LogP contribution in [0.1, 0.15) is 12.8 Å². The Morgan fingerprint density at radius 3 is 2.69 bits per heavy atom. The molecule has 70 valence electrons. The Balaban J connectivity index is 2.85. The Morgan fingerprint density at radius 2 is 2.15 bits per heavy atom. The van der Waals surface area contributed by atoms with Crippen LogP contribution >= 0.6 is 0 Å². The molecule has 1 aliphatic rings. The zero-order chi connectivity index (χ0) is 9.90. The molecule has 0 aromatic rings. The zero-order valence-electron chi connectivity index (χ0n) is 6.97. The summed E-state index contributed by atoms with van der Waals surface area (Å²) in [4.78, 5) is 0. The number of hydrogen-bond acceptors (Lipinski definition) is 4. The molecule has 1 saturated heterocycles. The predicted molar refractivity (Wildman–Crippen MR) is 44.7 cm³/mol. The van der Waals surface area contributed by atoms with Crippen molar-refractivity contribution in [3.8, 4) is 12.1 Å². The molecule has 0 aliphatic carbocycles. The smallest absolute Gasteiger partial charge is 0.211 e. The fraction of sp³-hybridized carbons (Fsp3) is 0.714. The highest BCUT2D eigenvalue weighted by molar-refractivity contribution is 7.89. The van der Waals surface area contributed by atoms with Crippen molar-refractivity contribution in [1.82, 2.24) is 4.31 Å². The molecule has 1 fully saturated rings. The summed E-state index contributed by atoms with van der Waals surface area (Å²) < 4.78 is 23.8. The molecule has 0 saturated carbocycles. The fourth-order valence-corrected chi connectivity index (χ4v) is 2.64. The molecular weight excluding hydrogens is 190 g/mol. The highest BCUT2D eigenvalue weighted by Gasteiger charge is 2.33. The van der Waals surface area contributed by atoms with Gasteiger partial charge >= 0.3 is 0 Å². The molecule has 0 N–H and O–H groups in total. The van der Waals surface area contributed by atoms with Crippen molar-refractivity contribution in [3.63, 3.8) is 0 Å². The van der Waals surface area contributed by atoms with Crippen LogP contribution in [0.25, 0.3) is 0 Å². The second kappa shape index (κ2) is 3.73. The number of nitrogens with zero attached hydrogens (tertiary/aromatic N) is 3. The van der Waals surface area contributed by atoms with Gasteiger partial charge in [0.25, 0.3) is 0 Å². The molecular formula is C7H9N3O2S. The summed E-state index contributed by atoms with van der Waals surface area (Å²) in [6.07, 6.45) is 1.27. The van der Waals surface area contributed by atoms with Crippen molar-refractivity contribution in [2.45, 2.75) is 18.9 Å². The van der Waals surface area contributed by atoms with Crippen molar-refractivity contribution in [3.05, 3.63) is 0 Å². The van der Waals surface area contributed by atoms with Gasteiger partial charge in [0.2, 0.25) is 10.0 Å². The highest BCUT2D eigenvalue weighted by Crippen LogP contribution is 2.20. The van der Waals surface area contributed by atoms with Crippen molar-refractivity contribution in [2.75, 3.05) is 12.3 Å². The first-order chi connectivity index (χ1) is 6.11. The van der Waals surface area contributed by atoms with E-state index in [9.17, 15) is 8.42 Å². The van der Waals surface area contributed by atoms with E-state index in [2.05, 4.69) is 0 Å². The molecule has 1 atom stereocenters. The number of hydrogen-bond donors (Lipinski definition) is 0. The molecule has 5 nitrogen and oxygen atoms in total. The largest absolute Gasteiger partial charge is 0.228 e. The molecule has 0 spiro atoms. The fourth-order valence-electron chi connectivity index (χ4n) is 1.37. The van der Waals surface area contributed by atoms with E-state index in [1.807, 2.05) is 6.07 Å². The maximum atomic E-state index is 11.4. The van der Waals surface area contributed by atoms with E-state index in [4.69, 9.17) is 10.5 Å². The monoisotopic (exact) mass is 199 g/mol. The third-order valence-corrected chi connectivity index (χ3v) is 3.60. The summed E-state index contributed by atoms with van der Waals surface area (Å²) in [6.45, 7) is 0.363. The van der Waals surface area contributed by atoms with Crippen LogP contribution in [0.2, 0.25) is 0 Å². The lowest BCUT2D eigenvalue weighted by Crippen LogP contribution is -2.35. The summed E-state index contributed by atoms with van der Waals surface area (Å²) >= 11 is 0. The summed E-state index contributed by atoms with van der Waals surface area (Å²) in [5.74, 6) is -0.537. The Labute approximate surface area is 77.2 Å². The van der Waals surface area contributed by atoms with Gasteiger partial charge in [0.15, 0.2) is 5.75 Å². The molecule has 0 aromatic heterocycles. The quantitative estimate of drug-likeness (QED) is 0.617. The first-order valence-electron chi connectivity index (χ1n) is 3.88. The van der Waals surface area contributed by atoms with Gasteiger partial charge in [-0.05, 0) is 12.8 Å². The number of rotatable bonds is 2. The van der Waals surface area contributed by atoms with Crippen LogP contribution in [0.4, 0.5) is 0 Å². The SMILES string of the molecule is N#CCS(=O)(=O)N1CCCC1C#N. The first kappa shape index (κ1) is 9.97. The second-order valence-corrected chi connectivity index (χ2v) is 4.73. The summed E-state index contributed by atoms with van der Waals surface area (Å²) in [6, 6.07) is 2.94. The van der Waals surface area contributed by atoms with Crippen LogP contribution in [-0.2, 0) is 10.0 Å². The highest BCUT2D eigenvalue weighted by atomic mass is 32.2. The van der Waals surface area contributed by atoms with Gasteiger partial charge < -0.3 is 0 Å². The molecule has 0 radical (unpaired) electrons. The van der Waals surface area contributed by atoms with Gasteiger partial charge in [-0.2, -0.15) is 14.8 Å². The van der Waals surface area contributed by atoms with Crippen LogP contribution in [0, 0.1) is 22.7 Å². The van der Waals surface area contributed by atoms with Gasteiger partial charge in [-0.1, -0.05) is 0 Å². The van der Waals surface area contributed by atoms with Gasteiger partial charge in [-0.3, -0.25) is 0 Å². The molecule has 13 heavy (non-hydrogen) atoms. The van der Waals surface area contributed by atoms with Gasteiger partial charge in [0.1, 0.15) is 6.04 Å². The molecule has 0 amide bonds. The minimum absolute atomic E-state index is 0.363. The Morgan fingerprint density at radius 1 is 1.46 bits per heavy atom. The van der Waals surface area contributed by atoms with E-state index in [0.29, 0.717) is 19.4 Å². The Hall–Kier alpha value is -1.11. The van der Waals surface area contributed by atoms with E-state index in [0.717, 1.165) is 4.31 Å². The second-order valence-electron chi connectivity index (χ2n) is 2.81. The zero-order valence-corrected chi connectivity index (χ0v) is 7.79. The van der Waals surface area contributed by atoms with Crippen LogP contribution in [0.3, 0.4) is 0 Å². The lowest BCUT2D eigenvalue weighted by molar-refractivity contribution is 0.440. The van der Waals surface area contributed by atoms with E-state index in [-0.39, 0.29) is 0 Å². The van der Waals surface area contributed by atoms with E-state index < -0.39 is 21.8 Å². The summed E-state index contributed by atoms with van der Waals surface area (Å²) in [5.41, 5.74) is 0. The molecule has 1 unspecified atom stereocenters. The summed E-state index contributed by atoms with van der Waals surface area (Å²) in [5, 5.41) is 16.9. The van der Waals surface area contributed by atoms with Crippen molar-refractivity contribution in [1.29, 1.82) is 10.5 Å². The standard InChI is InChI=1S/C7H9N3O2S/c8-3-5-13(11,12)10-4-1-2-7(10)6-9/h7H,1-2,4-5H2. The van der Waals surface area contributed by atoms with Crippen LogP contribution in [0.15, 0.2) is 0 Å². The molecule has 0 bridgehead atoms. The normalized spacial score (nSPS) is 23.7. The van der Waals surface area contributed by atoms with Crippen LogP contribution in [-0.4, -0.2) is 31.1 Å².